The summed E-state index contributed by atoms with van der Waals surface area (Å²) in [4.78, 5) is 5.03. The van der Waals surface area contributed by atoms with Gasteiger partial charge in [0, 0.05) is 17.7 Å². The molecule has 1 aromatic rings. The molecule has 2 aliphatic heterocycles. The van der Waals surface area contributed by atoms with E-state index in [0.717, 1.165) is 11.8 Å². The lowest BCUT2D eigenvalue weighted by Crippen LogP contribution is -2.59. The van der Waals surface area contributed by atoms with Crippen LogP contribution >= 0.6 is 0 Å². The maximum Gasteiger partial charge on any atom is 0.0553 e. The Morgan fingerprint density at radius 1 is 1.23 bits per heavy atom. The Hall–Kier alpha value is -1.63. The van der Waals surface area contributed by atoms with E-state index in [-0.39, 0.29) is 0 Å². The van der Waals surface area contributed by atoms with Gasteiger partial charge in [0.25, 0.3) is 0 Å². The first-order valence-electron chi connectivity index (χ1n) is 8.68. The monoisotopic (exact) mass is 289 g/mol. The lowest BCUT2D eigenvalue weighted by atomic mass is 9.38. The number of benzene rings is 1. The third-order valence-corrected chi connectivity index (χ3v) is 6.90. The van der Waals surface area contributed by atoms with Crippen LogP contribution in [0.25, 0.3) is 0 Å². The fourth-order valence-corrected chi connectivity index (χ4v) is 5.54. The first-order chi connectivity index (χ1) is 10.6. The Morgan fingerprint density at radius 2 is 2.05 bits per heavy atom. The molecule has 22 heavy (non-hydrogen) atoms. The molecule has 6 bridgehead atoms. The minimum Gasteiger partial charge on any atom is -0.260 e. The second-order valence-corrected chi connectivity index (χ2v) is 8.07. The average Bonchev–Trinajstić information content (AvgIpc) is 2.75. The first-order valence-corrected chi connectivity index (χ1v) is 8.68. The molecule has 2 saturated carbocycles. The summed E-state index contributed by atoms with van der Waals surface area (Å²) in [6.07, 6.45) is 7.46. The van der Waals surface area contributed by atoms with Crippen molar-refractivity contribution in [2.24, 2.45) is 28.2 Å². The molecule has 2 heterocycles. The van der Waals surface area contributed by atoms with Crippen LogP contribution in [0, 0.1) is 23.2 Å². The highest BCUT2D eigenvalue weighted by atomic mass is 14.8. The number of hydrogen-bond donors (Lipinski definition) is 0. The molecule has 7 rings (SSSR count). The van der Waals surface area contributed by atoms with Gasteiger partial charge in [-0.15, -0.1) is 0 Å². The highest BCUT2D eigenvalue weighted by Crippen LogP contribution is 2.70. The van der Waals surface area contributed by atoms with Gasteiger partial charge in [0.05, 0.1) is 5.71 Å². The van der Waals surface area contributed by atoms with E-state index in [4.69, 9.17) is 4.99 Å². The predicted octanol–water partition coefficient (Wildman–Crippen LogP) is 5.10. The van der Waals surface area contributed by atoms with Crippen LogP contribution in [0.1, 0.15) is 50.7 Å². The molecule has 1 nitrogen and oxygen atoms in total. The number of aliphatic imine (C=N–C) groups is 1. The van der Waals surface area contributed by atoms with E-state index in [1.54, 1.807) is 11.1 Å². The second-order valence-electron chi connectivity index (χ2n) is 8.07. The van der Waals surface area contributed by atoms with Crippen LogP contribution in [0.2, 0.25) is 0 Å². The molecule has 0 radical (unpaired) electrons. The smallest absolute Gasteiger partial charge is 0.0553 e. The van der Waals surface area contributed by atoms with Crippen molar-refractivity contribution < 1.29 is 0 Å². The maximum absolute atomic E-state index is 5.03. The summed E-state index contributed by atoms with van der Waals surface area (Å²) in [5, 5.41) is 0. The zero-order valence-electron chi connectivity index (χ0n) is 13.6. The largest absolute Gasteiger partial charge is 0.260 e. The van der Waals surface area contributed by atoms with Crippen LogP contribution in [-0.2, 0) is 0 Å². The van der Waals surface area contributed by atoms with Crippen molar-refractivity contribution in [2.45, 2.75) is 39.5 Å². The molecular weight excluding hydrogens is 266 g/mol. The number of hydrogen-bond acceptors (Lipinski definition) is 1. The third-order valence-electron chi connectivity index (χ3n) is 6.90. The molecule has 0 spiro atoms. The summed E-state index contributed by atoms with van der Waals surface area (Å²) >= 11 is 0. The van der Waals surface area contributed by atoms with Crippen molar-refractivity contribution in [3.8, 4) is 0 Å². The minimum atomic E-state index is 0.424. The molecule has 4 unspecified atom stereocenters. The SMILES string of the molecule is CC(C)c1ccccc1C1=NC=C2C3=CC1C1(C)C(C3)CC21. The van der Waals surface area contributed by atoms with Crippen molar-refractivity contribution in [3.63, 3.8) is 0 Å². The Balaban J connectivity index is 1.71. The third kappa shape index (κ3) is 1.34. The highest BCUT2D eigenvalue weighted by Gasteiger charge is 2.64. The van der Waals surface area contributed by atoms with Gasteiger partial charge < -0.3 is 0 Å². The Kier molecular flexibility index (Phi) is 2.35. The van der Waals surface area contributed by atoms with Crippen molar-refractivity contribution in [3.05, 3.63) is 58.8 Å². The molecule has 0 amide bonds. The summed E-state index contributed by atoms with van der Waals surface area (Å²) in [6, 6.07) is 8.90. The summed E-state index contributed by atoms with van der Waals surface area (Å²) in [5.41, 5.74) is 7.73. The van der Waals surface area contributed by atoms with Gasteiger partial charge in [0.1, 0.15) is 0 Å². The molecule has 2 fully saturated rings. The van der Waals surface area contributed by atoms with Crippen LogP contribution in [-0.4, -0.2) is 5.71 Å². The molecule has 4 aliphatic carbocycles. The number of allylic oxidation sites excluding steroid dienone is 3. The van der Waals surface area contributed by atoms with Gasteiger partial charge in [-0.3, -0.25) is 4.99 Å². The van der Waals surface area contributed by atoms with Crippen LogP contribution in [0.3, 0.4) is 0 Å². The van der Waals surface area contributed by atoms with Crippen molar-refractivity contribution in [2.75, 3.05) is 0 Å². The summed E-state index contributed by atoms with van der Waals surface area (Å²) < 4.78 is 0. The van der Waals surface area contributed by atoms with E-state index in [1.165, 1.54) is 29.7 Å². The van der Waals surface area contributed by atoms with E-state index in [9.17, 15) is 0 Å². The standard InChI is InChI=1S/C21H23N/c1-12(2)15-6-4-5-7-16(15)20-19-9-13-8-14-10-18(21(14,19)3)17(13)11-22-20/h4-7,9,11-12,14,18-19H,8,10H2,1-3H3. The fraction of sp³-hybridized carbons (Fsp3) is 0.476. The van der Waals surface area contributed by atoms with E-state index >= 15 is 0 Å². The minimum absolute atomic E-state index is 0.424. The van der Waals surface area contributed by atoms with E-state index in [2.05, 4.69) is 57.3 Å². The molecule has 6 aliphatic rings. The number of rotatable bonds is 2. The highest BCUT2D eigenvalue weighted by molar-refractivity contribution is 6.06. The van der Waals surface area contributed by atoms with Gasteiger partial charge in [0.15, 0.2) is 0 Å². The van der Waals surface area contributed by atoms with Crippen LogP contribution in [0.5, 0.6) is 0 Å². The first kappa shape index (κ1) is 12.9. The van der Waals surface area contributed by atoms with Crippen molar-refractivity contribution in [1.29, 1.82) is 0 Å². The summed E-state index contributed by atoms with van der Waals surface area (Å²) in [5.74, 6) is 2.71. The fourth-order valence-electron chi connectivity index (χ4n) is 5.54. The van der Waals surface area contributed by atoms with Gasteiger partial charge in [-0.2, -0.15) is 0 Å². The number of fused-ring (bicyclic) bond motifs is 1. The molecule has 1 aromatic carbocycles. The summed E-state index contributed by atoms with van der Waals surface area (Å²) in [7, 11) is 0. The van der Waals surface area contributed by atoms with Gasteiger partial charge in [-0.1, -0.05) is 51.1 Å². The lowest BCUT2D eigenvalue weighted by Gasteiger charge is -2.65. The molecular formula is C21H23N. The van der Waals surface area contributed by atoms with Crippen LogP contribution in [0.4, 0.5) is 0 Å². The zero-order valence-corrected chi connectivity index (χ0v) is 13.6. The van der Waals surface area contributed by atoms with Gasteiger partial charge in [-0.25, -0.2) is 0 Å². The van der Waals surface area contributed by atoms with E-state index < -0.39 is 0 Å². The van der Waals surface area contributed by atoms with Gasteiger partial charge >= 0.3 is 0 Å². The molecule has 4 atom stereocenters. The quantitative estimate of drug-likeness (QED) is 0.718. The lowest BCUT2D eigenvalue weighted by molar-refractivity contribution is -0.0570. The van der Waals surface area contributed by atoms with Crippen LogP contribution in [0.15, 0.2) is 52.7 Å². The van der Waals surface area contributed by atoms with Crippen LogP contribution < -0.4 is 0 Å². The average molecular weight is 289 g/mol. The number of nitrogens with zero attached hydrogens (tertiary/aromatic N) is 1. The molecule has 0 saturated heterocycles. The summed E-state index contributed by atoms with van der Waals surface area (Å²) in [6.45, 7) is 7.10. The molecule has 0 N–H and O–H groups in total. The Bertz CT molecular complexity index is 764. The molecule has 1 heteroatoms. The molecule has 112 valence electrons. The Labute approximate surface area is 132 Å². The second kappa shape index (κ2) is 4.01. The predicted molar refractivity (Wildman–Crippen MR) is 91.0 cm³/mol. The Morgan fingerprint density at radius 3 is 2.86 bits per heavy atom. The normalized spacial score (nSPS) is 37.5. The zero-order chi connectivity index (χ0) is 15.1. The van der Waals surface area contributed by atoms with Gasteiger partial charge in [0.2, 0.25) is 0 Å². The molecule has 0 aromatic heterocycles. The topological polar surface area (TPSA) is 12.4 Å². The van der Waals surface area contributed by atoms with Crippen molar-refractivity contribution >= 4 is 5.71 Å². The maximum atomic E-state index is 5.03. The van der Waals surface area contributed by atoms with Crippen molar-refractivity contribution in [1.82, 2.24) is 0 Å². The van der Waals surface area contributed by atoms with E-state index in [0.29, 0.717) is 17.3 Å². The van der Waals surface area contributed by atoms with Gasteiger partial charge in [-0.05, 0) is 52.7 Å². The van der Waals surface area contributed by atoms with E-state index in [1.807, 2.05) is 0 Å².